The van der Waals surface area contributed by atoms with Gasteiger partial charge in [-0.3, -0.25) is 0 Å². The maximum absolute atomic E-state index is 4.68. The average molecular weight is 153 g/mol. The van der Waals surface area contributed by atoms with Gasteiger partial charge in [-0.1, -0.05) is 30.8 Å². The van der Waals surface area contributed by atoms with E-state index in [1.165, 1.54) is 0 Å². The predicted molar refractivity (Wildman–Crippen MR) is 48.7 cm³/mol. The van der Waals surface area contributed by atoms with Crippen LogP contribution in [0.2, 0.25) is 0 Å². The van der Waals surface area contributed by atoms with Crippen molar-refractivity contribution in [2.45, 2.75) is 20.3 Å². The van der Waals surface area contributed by atoms with E-state index < -0.39 is 0 Å². The fourth-order valence-electron chi connectivity index (χ4n) is 0.799. The summed E-state index contributed by atoms with van der Waals surface area (Å²) in [6.07, 6.45) is 4.54. The second-order valence-corrected chi connectivity index (χ2v) is 2.16. The Morgan fingerprint density at radius 3 is 2.64 bits per heavy atom. The van der Waals surface area contributed by atoms with Crippen molar-refractivity contribution in [1.29, 1.82) is 0 Å². The number of nitrogens with zero attached hydrogens (tertiary/aromatic N) is 1. The summed E-state index contributed by atoms with van der Waals surface area (Å²) in [5.41, 5.74) is 2.07. The van der Waals surface area contributed by atoms with E-state index in [0.717, 1.165) is 17.7 Å². The van der Waals surface area contributed by atoms with E-state index in [1.54, 1.807) is 13.2 Å². The molecule has 62 valence electrons. The van der Waals surface area contributed by atoms with Gasteiger partial charge in [0.1, 0.15) is 7.11 Å². The molecule has 0 fully saturated rings. The molecule has 0 bridgehead atoms. The van der Waals surface area contributed by atoms with Gasteiger partial charge in [0, 0.05) is 0 Å². The zero-order valence-corrected chi connectivity index (χ0v) is 7.42. The molecular weight excluding hydrogens is 138 g/mol. The van der Waals surface area contributed by atoms with Crippen LogP contribution in [0.15, 0.2) is 29.5 Å². The maximum Gasteiger partial charge on any atom is 0.106 e. The lowest BCUT2D eigenvalue weighted by molar-refractivity contribution is 0.213. The highest BCUT2D eigenvalue weighted by Gasteiger charge is 1.97. The van der Waals surface area contributed by atoms with E-state index in [0.29, 0.717) is 0 Å². The molecule has 0 N–H and O–H groups in total. The normalized spacial score (nSPS) is 13.0. The Kier molecular flexibility index (Phi) is 5.17. The molecule has 0 aliphatic heterocycles. The van der Waals surface area contributed by atoms with Crippen LogP contribution in [0.1, 0.15) is 20.3 Å². The molecule has 0 saturated carbocycles. The largest absolute Gasteiger partial charge is 0.399 e. The van der Waals surface area contributed by atoms with Crippen LogP contribution >= 0.6 is 0 Å². The van der Waals surface area contributed by atoms with Crippen molar-refractivity contribution in [1.82, 2.24) is 0 Å². The first kappa shape index (κ1) is 9.95. The molecule has 0 amide bonds. The predicted octanol–water partition coefficient (Wildman–Crippen LogP) is 2.53. The van der Waals surface area contributed by atoms with Gasteiger partial charge in [-0.2, -0.15) is 0 Å². The average Bonchev–Trinajstić information content (AvgIpc) is 2.00. The third-order valence-corrected chi connectivity index (χ3v) is 1.36. The highest BCUT2D eigenvalue weighted by atomic mass is 16.6. The van der Waals surface area contributed by atoms with Crippen LogP contribution < -0.4 is 0 Å². The Bertz CT molecular complexity index is 180. The summed E-state index contributed by atoms with van der Waals surface area (Å²) in [4.78, 5) is 4.68. The molecule has 0 atom stereocenters. The SMILES string of the molecule is C=CC=C(C)C(CC)=NOC. The molecule has 0 spiro atoms. The van der Waals surface area contributed by atoms with Gasteiger partial charge in [-0.15, -0.1) is 0 Å². The summed E-state index contributed by atoms with van der Waals surface area (Å²) in [7, 11) is 1.55. The molecule has 0 aliphatic rings. The highest BCUT2D eigenvalue weighted by Crippen LogP contribution is 2.01. The van der Waals surface area contributed by atoms with Gasteiger partial charge >= 0.3 is 0 Å². The summed E-state index contributed by atoms with van der Waals surface area (Å²) >= 11 is 0. The fourth-order valence-corrected chi connectivity index (χ4v) is 0.799. The third kappa shape index (κ3) is 3.61. The molecule has 0 unspecified atom stereocenters. The number of hydrogen-bond donors (Lipinski definition) is 0. The van der Waals surface area contributed by atoms with E-state index in [-0.39, 0.29) is 0 Å². The van der Waals surface area contributed by atoms with Crippen molar-refractivity contribution < 1.29 is 4.84 Å². The van der Waals surface area contributed by atoms with Crippen LogP contribution in [0, 0.1) is 0 Å². The molecule has 0 radical (unpaired) electrons. The Hall–Kier alpha value is -1.05. The fraction of sp³-hybridized carbons (Fsp3) is 0.444. The monoisotopic (exact) mass is 153 g/mol. The number of oxime groups is 1. The van der Waals surface area contributed by atoms with Crippen molar-refractivity contribution in [3.63, 3.8) is 0 Å². The van der Waals surface area contributed by atoms with Gasteiger partial charge < -0.3 is 4.84 Å². The number of rotatable bonds is 4. The molecule has 0 aliphatic carbocycles. The second-order valence-electron chi connectivity index (χ2n) is 2.16. The summed E-state index contributed by atoms with van der Waals surface area (Å²) in [5, 5.41) is 3.86. The quantitative estimate of drug-likeness (QED) is 0.345. The van der Waals surface area contributed by atoms with Crippen molar-refractivity contribution in [2.24, 2.45) is 5.16 Å². The van der Waals surface area contributed by atoms with Crippen molar-refractivity contribution >= 4 is 5.71 Å². The van der Waals surface area contributed by atoms with Gasteiger partial charge in [0.05, 0.1) is 5.71 Å². The Balaban J connectivity index is 4.37. The number of allylic oxidation sites excluding steroid dienone is 3. The first-order chi connectivity index (χ1) is 5.26. The standard InChI is InChI=1S/C9H15NO/c1-5-7-8(3)9(6-2)10-11-4/h5,7H,1,6H2,2-4H3. The summed E-state index contributed by atoms with van der Waals surface area (Å²) < 4.78 is 0. The van der Waals surface area contributed by atoms with Gasteiger partial charge in [-0.05, 0) is 18.9 Å². The minimum absolute atomic E-state index is 0.879. The van der Waals surface area contributed by atoms with Crippen molar-refractivity contribution in [3.05, 3.63) is 24.3 Å². The smallest absolute Gasteiger partial charge is 0.106 e. The van der Waals surface area contributed by atoms with Crippen molar-refractivity contribution in [2.75, 3.05) is 7.11 Å². The van der Waals surface area contributed by atoms with Crippen LogP contribution in [-0.2, 0) is 4.84 Å². The summed E-state index contributed by atoms with van der Waals surface area (Å²) in [6, 6.07) is 0. The Morgan fingerprint density at radius 1 is 1.64 bits per heavy atom. The molecule has 11 heavy (non-hydrogen) atoms. The molecule has 0 heterocycles. The number of hydrogen-bond acceptors (Lipinski definition) is 2. The lowest BCUT2D eigenvalue weighted by Crippen LogP contribution is -1.98. The van der Waals surface area contributed by atoms with Crippen molar-refractivity contribution in [3.8, 4) is 0 Å². The van der Waals surface area contributed by atoms with E-state index in [2.05, 4.69) is 16.6 Å². The molecule has 2 heteroatoms. The van der Waals surface area contributed by atoms with Crippen LogP contribution in [-0.4, -0.2) is 12.8 Å². The van der Waals surface area contributed by atoms with Gasteiger partial charge in [0.25, 0.3) is 0 Å². The first-order valence-corrected chi connectivity index (χ1v) is 3.66. The maximum atomic E-state index is 4.68. The van der Waals surface area contributed by atoms with Crippen LogP contribution in [0.25, 0.3) is 0 Å². The lowest BCUT2D eigenvalue weighted by Gasteiger charge is -2.00. The summed E-state index contributed by atoms with van der Waals surface area (Å²) in [6.45, 7) is 7.63. The topological polar surface area (TPSA) is 21.6 Å². The minimum Gasteiger partial charge on any atom is -0.399 e. The van der Waals surface area contributed by atoms with Crippen LogP contribution in [0.3, 0.4) is 0 Å². The Labute approximate surface area is 68.2 Å². The first-order valence-electron chi connectivity index (χ1n) is 3.66. The molecule has 0 aromatic rings. The molecule has 0 rings (SSSR count). The van der Waals surface area contributed by atoms with Gasteiger partial charge in [0.15, 0.2) is 0 Å². The van der Waals surface area contributed by atoms with Gasteiger partial charge in [-0.25, -0.2) is 0 Å². The van der Waals surface area contributed by atoms with Gasteiger partial charge in [0.2, 0.25) is 0 Å². The molecule has 0 aromatic carbocycles. The lowest BCUT2D eigenvalue weighted by atomic mass is 10.1. The Morgan fingerprint density at radius 2 is 2.27 bits per heavy atom. The molecule has 0 aromatic heterocycles. The zero-order valence-electron chi connectivity index (χ0n) is 7.42. The molecular formula is C9H15NO. The minimum atomic E-state index is 0.879. The van der Waals surface area contributed by atoms with Crippen LogP contribution in [0.4, 0.5) is 0 Å². The zero-order chi connectivity index (χ0) is 8.69. The van der Waals surface area contributed by atoms with E-state index in [1.807, 2.05) is 19.9 Å². The van der Waals surface area contributed by atoms with E-state index in [9.17, 15) is 0 Å². The highest BCUT2D eigenvalue weighted by molar-refractivity contribution is 5.99. The summed E-state index contributed by atoms with van der Waals surface area (Å²) in [5.74, 6) is 0. The third-order valence-electron chi connectivity index (χ3n) is 1.36. The van der Waals surface area contributed by atoms with Crippen LogP contribution in [0.5, 0.6) is 0 Å². The molecule has 0 saturated heterocycles. The second kappa shape index (κ2) is 5.71. The van der Waals surface area contributed by atoms with E-state index >= 15 is 0 Å². The van der Waals surface area contributed by atoms with E-state index in [4.69, 9.17) is 0 Å². The molecule has 2 nitrogen and oxygen atoms in total.